The van der Waals surface area contributed by atoms with Crippen molar-refractivity contribution in [3.8, 4) is 0 Å². The second-order valence-electron chi connectivity index (χ2n) is 5.24. The average Bonchev–Trinajstić information content (AvgIpc) is 2.92. The van der Waals surface area contributed by atoms with Crippen molar-refractivity contribution in [1.29, 1.82) is 0 Å². The van der Waals surface area contributed by atoms with Gasteiger partial charge in [-0.05, 0) is 43.5 Å². The third kappa shape index (κ3) is 2.84. The lowest BCUT2D eigenvalue weighted by atomic mass is 10.2. The minimum absolute atomic E-state index is 0.121. The minimum atomic E-state index is -0.259. The molecule has 0 radical (unpaired) electrons. The number of nitrogens with one attached hydrogen (secondary N) is 1. The highest BCUT2D eigenvalue weighted by Gasteiger charge is 2.27. The summed E-state index contributed by atoms with van der Waals surface area (Å²) < 4.78 is 0. The SMILES string of the molecule is O[C@@H]1CCC[C@@H]1NN(c1ccccc1)c1ccccc1. The smallest absolute Gasteiger partial charge is 0.0711 e. The third-order valence-corrected chi connectivity index (χ3v) is 3.80. The standard InChI is InChI=1S/C17H20N2O/c20-17-13-7-12-16(17)18-19(14-8-3-1-4-9-14)15-10-5-2-6-11-15/h1-6,8-11,16-18,20H,7,12-13H2/t16-,17+/m0/s1. The van der Waals surface area contributed by atoms with Gasteiger partial charge < -0.3 is 5.11 Å². The van der Waals surface area contributed by atoms with E-state index in [0.717, 1.165) is 30.6 Å². The van der Waals surface area contributed by atoms with E-state index in [1.165, 1.54) is 0 Å². The maximum atomic E-state index is 10.0. The number of para-hydroxylation sites is 2. The van der Waals surface area contributed by atoms with Crippen molar-refractivity contribution in [2.24, 2.45) is 0 Å². The van der Waals surface area contributed by atoms with Crippen molar-refractivity contribution in [3.63, 3.8) is 0 Å². The van der Waals surface area contributed by atoms with E-state index in [1.807, 2.05) is 36.4 Å². The van der Waals surface area contributed by atoms with Crippen molar-refractivity contribution < 1.29 is 5.11 Å². The van der Waals surface area contributed by atoms with Gasteiger partial charge in [-0.3, -0.25) is 5.01 Å². The van der Waals surface area contributed by atoms with Crippen molar-refractivity contribution in [3.05, 3.63) is 60.7 Å². The Bertz CT molecular complexity index is 490. The molecule has 1 aliphatic carbocycles. The zero-order valence-corrected chi connectivity index (χ0v) is 11.4. The number of aliphatic hydroxyl groups is 1. The zero-order chi connectivity index (χ0) is 13.8. The van der Waals surface area contributed by atoms with Crippen molar-refractivity contribution >= 4 is 11.4 Å². The van der Waals surface area contributed by atoms with Gasteiger partial charge in [-0.15, -0.1) is 0 Å². The maximum absolute atomic E-state index is 10.0. The first-order chi connectivity index (χ1) is 9.84. The monoisotopic (exact) mass is 268 g/mol. The van der Waals surface area contributed by atoms with Crippen LogP contribution in [0.25, 0.3) is 0 Å². The normalized spacial score (nSPS) is 21.9. The maximum Gasteiger partial charge on any atom is 0.0711 e. The Labute approximate surface area is 119 Å². The third-order valence-electron chi connectivity index (χ3n) is 3.80. The highest BCUT2D eigenvalue weighted by Crippen LogP contribution is 2.26. The molecule has 0 aliphatic heterocycles. The lowest BCUT2D eigenvalue weighted by molar-refractivity contribution is 0.149. The first-order valence-electron chi connectivity index (χ1n) is 7.19. The summed E-state index contributed by atoms with van der Waals surface area (Å²) in [7, 11) is 0. The summed E-state index contributed by atoms with van der Waals surface area (Å²) in [4.78, 5) is 0. The largest absolute Gasteiger partial charge is 0.391 e. The number of hydrazine groups is 1. The average molecular weight is 268 g/mol. The van der Waals surface area contributed by atoms with Gasteiger partial charge in [0.15, 0.2) is 0 Å². The molecule has 0 aromatic heterocycles. The van der Waals surface area contributed by atoms with Gasteiger partial charge in [-0.2, -0.15) is 0 Å². The van der Waals surface area contributed by atoms with E-state index in [-0.39, 0.29) is 12.1 Å². The molecule has 3 nitrogen and oxygen atoms in total. The number of benzene rings is 2. The highest BCUT2D eigenvalue weighted by atomic mass is 16.3. The van der Waals surface area contributed by atoms with E-state index in [2.05, 4.69) is 34.7 Å². The number of hydrogen-bond acceptors (Lipinski definition) is 3. The van der Waals surface area contributed by atoms with E-state index >= 15 is 0 Å². The quantitative estimate of drug-likeness (QED) is 0.836. The summed E-state index contributed by atoms with van der Waals surface area (Å²) in [5.74, 6) is 0. The van der Waals surface area contributed by atoms with Crippen molar-refractivity contribution in [2.75, 3.05) is 5.01 Å². The van der Waals surface area contributed by atoms with Gasteiger partial charge in [-0.1, -0.05) is 36.4 Å². The number of aliphatic hydroxyl groups excluding tert-OH is 1. The van der Waals surface area contributed by atoms with E-state index in [0.29, 0.717) is 0 Å². The number of nitrogens with zero attached hydrogens (tertiary/aromatic N) is 1. The summed E-state index contributed by atoms with van der Waals surface area (Å²) >= 11 is 0. The summed E-state index contributed by atoms with van der Waals surface area (Å²) in [5.41, 5.74) is 5.64. The van der Waals surface area contributed by atoms with Crippen LogP contribution >= 0.6 is 0 Å². The van der Waals surface area contributed by atoms with Crippen LogP contribution in [-0.4, -0.2) is 17.3 Å². The molecular formula is C17H20N2O. The first-order valence-corrected chi connectivity index (χ1v) is 7.19. The number of anilines is 2. The molecule has 0 heterocycles. The number of rotatable bonds is 4. The summed E-state index contributed by atoms with van der Waals surface area (Å²) in [6.07, 6.45) is 2.72. The summed E-state index contributed by atoms with van der Waals surface area (Å²) in [6.45, 7) is 0. The van der Waals surface area contributed by atoms with E-state index in [9.17, 15) is 5.11 Å². The Balaban J connectivity index is 1.88. The number of hydrogen-bond donors (Lipinski definition) is 2. The minimum Gasteiger partial charge on any atom is -0.391 e. The molecule has 104 valence electrons. The van der Waals surface area contributed by atoms with Gasteiger partial charge in [0.05, 0.1) is 23.5 Å². The van der Waals surface area contributed by atoms with Gasteiger partial charge in [0, 0.05) is 0 Å². The molecule has 3 heteroatoms. The molecule has 1 aliphatic rings. The fourth-order valence-electron chi connectivity index (χ4n) is 2.71. The Morgan fingerprint density at radius 2 is 1.40 bits per heavy atom. The fraction of sp³-hybridized carbons (Fsp3) is 0.294. The van der Waals surface area contributed by atoms with Crippen LogP contribution in [0.4, 0.5) is 11.4 Å². The van der Waals surface area contributed by atoms with Gasteiger partial charge in [0.1, 0.15) is 0 Å². The Hall–Kier alpha value is -1.84. The van der Waals surface area contributed by atoms with Gasteiger partial charge in [-0.25, -0.2) is 5.43 Å². The van der Waals surface area contributed by atoms with Crippen LogP contribution in [0.1, 0.15) is 19.3 Å². The Morgan fingerprint density at radius 3 is 1.85 bits per heavy atom. The fourth-order valence-corrected chi connectivity index (χ4v) is 2.71. The van der Waals surface area contributed by atoms with Crippen LogP contribution in [0.5, 0.6) is 0 Å². The molecule has 0 saturated heterocycles. The zero-order valence-electron chi connectivity index (χ0n) is 11.4. The molecule has 2 aromatic rings. The van der Waals surface area contributed by atoms with E-state index in [4.69, 9.17) is 0 Å². The summed E-state index contributed by atoms with van der Waals surface area (Å²) in [6, 6.07) is 20.5. The molecule has 1 saturated carbocycles. The van der Waals surface area contributed by atoms with Crippen LogP contribution in [0, 0.1) is 0 Å². The second-order valence-corrected chi connectivity index (χ2v) is 5.24. The van der Waals surface area contributed by atoms with Crippen LogP contribution in [0.2, 0.25) is 0 Å². The van der Waals surface area contributed by atoms with Gasteiger partial charge in [0.2, 0.25) is 0 Å². The van der Waals surface area contributed by atoms with Crippen LogP contribution in [0.3, 0.4) is 0 Å². The van der Waals surface area contributed by atoms with Crippen LogP contribution in [-0.2, 0) is 0 Å². The predicted molar refractivity (Wildman–Crippen MR) is 81.8 cm³/mol. The predicted octanol–water partition coefficient (Wildman–Crippen LogP) is 3.24. The molecule has 3 rings (SSSR count). The molecule has 0 spiro atoms. The summed E-state index contributed by atoms with van der Waals surface area (Å²) in [5, 5.41) is 12.1. The molecule has 0 amide bonds. The highest BCUT2D eigenvalue weighted by molar-refractivity contribution is 5.61. The Morgan fingerprint density at radius 1 is 0.850 bits per heavy atom. The first kappa shape index (κ1) is 13.2. The second kappa shape index (κ2) is 6.07. The molecule has 2 aromatic carbocycles. The van der Waals surface area contributed by atoms with Crippen LogP contribution in [0.15, 0.2) is 60.7 Å². The lowest BCUT2D eigenvalue weighted by Crippen LogP contribution is -2.45. The lowest BCUT2D eigenvalue weighted by Gasteiger charge is -2.30. The van der Waals surface area contributed by atoms with Gasteiger partial charge >= 0.3 is 0 Å². The molecule has 1 fully saturated rings. The van der Waals surface area contributed by atoms with Gasteiger partial charge in [0.25, 0.3) is 0 Å². The van der Waals surface area contributed by atoms with Crippen molar-refractivity contribution in [2.45, 2.75) is 31.4 Å². The van der Waals surface area contributed by atoms with Crippen molar-refractivity contribution in [1.82, 2.24) is 5.43 Å². The Kier molecular flexibility index (Phi) is 4.00. The molecule has 20 heavy (non-hydrogen) atoms. The topological polar surface area (TPSA) is 35.5 Å². The molecule has 0 unspecified atom stereocenters. The molecule has 2 atom stereocenters. The van der Waals surface area contributed by atoms with Crippen LogP contribution < -0.4 is 10.4 Å². The van der Waals surface area contributed by atoms with E-state index in [1.54, 1.807) is 0 Å². The van der Waals surface area contributed by atoms with E-state index < -0.39 is 0 Å². The molecular weight excluding hydrogens is 248 g/mol. The molecule has 2 N–H and O–H groups in total. The molecule has 0 bridgehead atoms.